The Bertz CT molecular complexity index is 737. The van der Waals surface area contributed by atoms with Crippen molar-refractivity contribution in [3.05, 3.63) is 65.5 Å². The number of carboxylic acids is 1. The van der Waals surface area contributed by atoms with E-state index < -0.39 is 5.97 Å². The molecule has 1 aliphatic carbocycles. The molecule has 23 heavy (non-hydrogen) atoms. The number of carbonyl (C=O) groups excluding carboxylic acids is 1. The fourth-order valence-electron chi connectivity index (χ4n) is 3.15. The van der Waals surface area contributed by atoms with E-state index in [4.69, 9.17) is 5.11 Å². The number of benzene rings is 1. The molecule has 3 rings (SSSR count). The van der Waals surface area contributed by atoms with Crippen molar-refractivity contribution < 1.29 is 14.7 Å². The van der Waals surface area contributed by atoms with Crippen LogP contribution in [-0.2, 0) is 5.41 Å². The number of nitrogens with one attached hydrogen (secondary N) is 1. The lowest BCUT2D eigenvalue weighted by atomic mass is 9.63. The molecule has 1 aromatic heterocycles. The average molecular weight is 310 g/mol. The van der Waals surface area contributed by atoms with Crippen molar-refractivity contribution in [3.63, 3.8) is 0 Å². The van der Waals surface area contributed by atoms with E-state index >= 15 is 0 Å². The van der Waals surface area contributed by atoms with Crippen LogP contribution in [0.2, 0.25) is 0 Å². The van der Waals surface area contributed by atoms with Crippen molar-refractivity contribution in [2.45, 2.75) is 31.2 Å². The molecule has 0 saturated heterocycles. The summed E-state index contributed by atoms with van der Waals surface area (Å²) in [7, 11) is 0. The first-order valence-corrected chi connectivity index (χ1v) is 7.54. The number of hydrogen-bond donors (Lipinski definition) is 2. The first-order valence-electron chi connectivity index (χ1n) is 7.54. The van der Waals surface area contributed by atoms with Gasteiger partial charge in [-0.1, -0.05) is 37.3 Å². The van der Waals surface area contributed by atoms with Gasteiger partial charge in [0.2, 0.25) is 0 Å². The predicted molar refractivity (Wildman–Crippen MR) is 85.5 cm³/mol. The summed E-state index contributed by atoms with van der Waals surface area (Å²) in [6.45, 7) is 2.19. The Balaban J connectivity index is 1.63. The zero-order valence-corrected chi connectivity index (χ0v) is 12.8. The summed E-state index contributed by atoms with van der Waals surface area (Å²) in [6, 6.07) is 13.0. The molecule has 1 fully saturated rings. The van der Waals surface area contributed by atoms with Gasteiger partial charge in [0.15, 0.2) is 0 Å². The second-order valence-electron chi connectivity index (χ2n) is 6.24. The second kappa shape index (κ2) is 5.83. The van der Waals surface area contributed by atoms with E-state index in [2.05, 4.69) is 29.4 Å². The molecule has 118 valence electrons. The lowest BCUT2D eigenvalue weighted by Crippen LogP contribution is -2.51. The van der Waals surface area contributed by atoms with E-state index in [1.54, 1.807) is 0 Å². The van der Waals surface area contributed by atoms with Crippen LogP contribution in [0.25, 0.3) is 0 Å². The summed E-state index contributed by atoms with van der Waals surface area (Å²) in [6.07, 6.45) is 3.07. The Labute approximate surface area is 134 Å². The maximum atomic E-state index is 12.2. The van der Waals surface area contributed by atoms with Crippen molar-refractivity contribution in [2.75, 3.05) is 0 Å². The molecule has 2 N–H and O–H groups in total. The van der Waals surface area contributed by atoms with Gasteiger partial charge in [-0.25, -0.2) is 4.79 Å². The molecule has 5 heteroatoms. The number of carbonyl (C=O) groups is 2. The van der Waals surface area contributed by atoms with Gasteiger partial charge in [0.05, 0.1) is 5.56 Å². The molecule has 1 aliphatic rings. The van der Waals surface area contributed by atoms with E-state index in [-0.39, 0.29) is 28.6 Å². The third kappa shape index (κ3) is 3.08. The summed E-state index contributed by atoms with van der Waals surface area (Å²) in [5.41, 5.74) is 1.55. The van der Waals surface area contributed by atoms with E-state index in [0.29, 0.717) is 0 Å². The molecule has 0 unspecified atom stereocenters. The topological polar surface area (TPSA) is 79.3 Å². The molecule has 0 spiro atoms. The van der Waals surface area contributed by atoms with Crippen LogP contribution in [-0.4, -0.2) is 28.0 Å². The maximum Gasteiger partial charge on any atom is 0.335 e. The van der Waals surface area contributed by atoms with Gasteiger partial charge in [0, 0.05) is 12.2 Å². The molecule has 0 bridgehead atoms. The standard InChI is InChI=1S/C18H18N2O3/c1-18(13-5-3-2-4-6-13)10-14(11-18)20-16(21)15-9-12(17(22)23)7-8-19-15/h2-9,14H,10-11H2,1H3,(H,20,21)(H,22,23). The first-order chi connectivity index (χ1) is 11.0. The monoisotopic (exact) mass is 310 g/mol. The van der Waals surface area contributed by atoms with Crippen LogP contribution in [0.3, 0.4) is 0 Å². The molecule has 1 heterocycles. The third-order valence-corrected chi connectivity index (χ3v) is 4.44. The SMILES string of the molecule is CC1(c2ccccc2)CC(NC(=O)c2cc(C(=O)O)ccn2)C1. The Hall–Kier alpha value is -2.69. The Kier molecular flexibility index (Phi) is 3.86. The van der Waals surface area contributed by atoms with Gasteiger partial charge >= 0.3 is 5.97 Å². The van der Waals surface area contributed by atoms with Gasteiger partial charge in [0.25, 0.3) is 5.91 Å². The average Bonchev–Trinajstić information content (AvgIpc) is 2.54. The highest BCUT2D eigenvalue weighted by Crippen LogP contribution is 2.43. The van der Waals surface area contributed by atoms with Crippen LogP contribution in [0.4, 0.5) is 0 Å². The molecule has 1 aromatic carbocycles. The van der Waals surface area contributed by atoms with Crippen molar-refractivity contribution in [3.8, 4) is 0 Å². The van der Waals surface area contributed by atoms with Gasteiger partial charge in [-0.05, 0) is 36.0 Å². The number of hydrogen-bond acceptors (Lipinski definition) is 3. The highest BCUT2D eigenvalue weighted by atomic mass is 16.4. The number of amides is 1. The van der Waals surface area contributed by atoms with Gasteiger partial charge in [-0.15, -0.1) is 0 Å². The molecular formula is C18H18N2O3. The molecule has 0 atom stereocenters. The molecule has 0 radical (unpaired) electrons. The van der Waals surface area contributed by atoms with Crippen molar-refractivity contribution in [1.82, 2.24) is 10.3 Å². The lowest BCUT2D eigenvalue weighted by Gasteiger charge is -2.46. The van der Waals surface area contributed by atoms with Crippen LogP contribution in [0.15, 0.2) is 48.7 Å². The Morgan fingerprint density at radius 3 is 2.57 bits per heavy atom. The minimum atomic E-state index is -1.07. The quantitative estimate of drug-likeness (QED) is 0.910. The summed E-state index contributed by atoms with van der Waals surface area (Å²) in [5.74, 6) is -1.39. The van der Waals surface area contributed by atoms with Gasteiger partial charge in [-0.2, -0.15) is 0 Å². The molecular weight excluding hydrogens is 292 g/mol. The second-order valence-corrected chi connectivity index (χ2v) is 6.24. The first kappa shape index (κ1) is 15.2. The molecule has 2 aromatic rings. The third-order valence-electron chi connectivity index (χ3n) is 4.44. The van der Waals surface area contributed by atoms with Gasteiger partial charge in [-0.3, -0.25) is 9.78 Å². The highest BCUT2D eigenvalue weighted by Gasteiger charge is 2.42. The van der Waals surface area contributed by atoms with E-state index in [1.165, 1.54) is 23.9 Å². The van der Waals surface area contributed by atoms with E-state index in [0.717, 1.165) is 12.8 Å². The smallest absolute Gasteiger partial charge is 0.335 e. The van der Waals surface area contributed by atoms with Crippen LogP contribution < -0.4 is 5.32 Å². The largest absolute Gasteiger partial charge is 0.478 e. The minimum Gasteiger partial charge on any atom is -0.478 e. The predicted octanol–water partition coefficient (Wildman–Crippen LogP) is 2.63. The van der Waals surface area contributed by atoms with Gasteiger partial charge in [0.1, 0.15) is 5.69 Å². The number of pyridine rings is 1. The molecule has 0 aliphatic heterocycles. The van der Waals surface area contributed by atoms with Crippen molar-refractivity contribution in [2.24, 2.45) is 0 Å². The summed E-state index contributed by atoms with van der Waals surface area (Å²) >= 11 is 0. The van der Waals surface area contributed by atoms with E-state index in [9.17, 15) is 9.59 Å². The maximum absolute atomic E-state index is 12.2. The summed E-state index contributed by atoms with van der Waals surface area (Å²) < 4.78 is 0. The fraction of sp³-hybridized carbons (Fsp3) is 0.278. The van der Waals surface area contributed by atoms with Crippen LogP contribution >= 0.6 is 0 Å². The van der Waals surface area contributed by atoms with E-state index in [1.807, 2.05) is 18.2 Å². The van der Waals surface area contributed by atoms with Gasteiger partial charge < -0.3 is 10.4 Å². The highest BCUT2D eigenvalue weighted by molar-refractivity contribution is 5.96. The Morgan fingerprint density at radius 2 is 1.91 bits per heavy atom. The van der Waals surface area contributed by atoms with Crippen molar-refractivity contribution >= 4 is 11.9 Å². The number of rotatable bonds is 4. The molecule has 5 nitrogen and oxygen atoms in total. The number of aromatic carboxylic acids is 1. The molecule has 1 saturated carbocycles. The Morgan fingerprint density at radius 1 is 1.22 bits per heavy atom. The zero-order chi connectivity index (χ0) is 16.4. The number of aromatic nitrogens is 1. The molecule has 1 amide bonds. The lowest BCUT2D eigenvalue weighted by molar-refractivity contribution is 0.0696. The fourth-order valence-corrected chi connectivity index (χ4v) is 3.15. The number of carboxylic acid groups (broad SMARTS) is 1. The van der Waals surface area contributed by atoms with Crippen LogP contribution in [0.1, 0.15) is 46.2 Å². The minimum absolute atomic E-state index is 0.0629. The van der Waals surface area contributed by atoms with Crippen molar-refractivity contribution in [1.29, 1.82) is 0 Å². The summed E-state index contributed by atoms with van der Waals surface area (Å²) in [5, 5.41) is 11.9. The van der Waals surface area contributed by atoms with Crippen LogP contribution in [0, 0.1) is 0 Å². The summed E-state index contributed by atoms with van der Waals surface area (Å²) in [4.78, 5) is 27.1. The van der Waals surface area contributed by atoms with Crippen LogP contribution in [0.5, 0.6) is 0 Å². The zero-order valence-electron chi connectivity index (χ0n) is 12.8. The normalized spacial score (nSPS) is 22.9. The number of nitrogens with zero attached hydrogens (tertiary/aromatic N) is 1.